The Labute approximate surface area is 106 Å². The molecule has 0 radical (unpaired) electrons. The van der Waals surface area contributed by atoms with Crippen molar-refractivity contribution < 1.29 is 18.3 Å². The lowest BCUT2D eigenvalue weighted by atomic mass is 10.0. The van der Waals surface area contributed by atoms with Crippen molar-refractivity contribution in [3.05, 3.63) is 30.3 Å². The lowest BCUT2D eigenvalue weighted by Gasteiger charge is -2.32. The van der Waals surface area contributed by atoms with Gasteiger partial charge in [0.05, 0.1) is 4.90 Å². The van der Waals surface area contributed by atoms with Gasteiger partial charge < -0.3 is 9.90 Å². The Bertz CT molecular complexity index is 526. The summed E-state index contributed by atoms with van der Waals surface area (Å²) < 4.78 is 25.8. The second-order valence-corrected chi connectivity index (χ2v) is 6.27. The Morgan fingerprint density at radius 3 is 2.56 bits per heavy atom. The van der Waals surface area contributed by atoms with E-state index in [-0.39, 0.29) is 11.4 Å². The minimum atomic E-state index is -3.59. The van der Waals surface area contributed by atoms with Crippen molar-refractivity contribution in [3.63, 3.8) is 0 Å². The van der Waals surface area contributed by atoms with E-state index in [1.54, 1.807) is 18.2 Å². The van der Waals surface area contributed by atoms with E-state index >= 15 is 0 Å². The topological polar surface area (TPSA) is 77.5 Å². The first-order valence-corrected chi connectivity index (χ1v) is 7.22. The summed E-state index contributed by atoms with van der Waals surface area (Å²) in [4.78, 5) is 11.0. The summed E-state index contributed by atoms with van der Waals surface area (Å²) in [6.45, 7) is 0.362. The maximum atomic E-state index is 12.3. The predicted molar refractivity (Wildman–Crippen MR) is 62.9 cm³/mol. The number of sulfonamides is 1. The Kier molecular flexibility index (Phi) is 3.68. The van der Waals surface area contributed by atoms with Crippen molar-refractivity contribution in [2.45, 2.75) is 17.7 Å². The van der Waals surface area contributed by atoms with E-state index in [0.29, 0.717) is 19.4 Å². The molecule has 0 saturated carbocycles. The molecular formula is C12H14NO4S-. The first kappa shape index (κ1) is 13.0. The van der Waals surface area contributed by atoms with Crippen LogP contribution in [0.5, 0.6) is 0 Å². The third-order valence-electron chi connectivity index (χ3n) is 3.10. The Morgan fingerprint density at radius 1 is 1.28 bits per heavy atom. The lowest BCUT2D eigenvalue weighted by molar-refractivity contribution is -0.312. The van der Waals surface area contributed by atoms with Gasteiger partial charge in [-0.15, -0.1) is 0 Å². The monoisotopic (exact) mass is 268 g/mol. The Balaban J connectivity index is 2.23. The molecule has 98 valence electrons. The first-order chi connectivity index (χ1) is 8.51. The van der Waals surface area contributed by atoms with Crippen molar-refractivity contribution >= 4 is 16.0 Å². The van der Waals surface area contributed by atoms with Crippen LogP contribution in [0.15, 0.2) is 35.2 Å². The molecule has 1 saturated heterocycles. The van der Waals surface area contributed by atoms with Crippen molar-refractivity contribution in [2.75, 3.05) is 13.1 Å². The molecule has 0 aromatic heterocycles. The molecule has 0 aliphatic carbocycles. The molecular weight excluding hydrogens is 254 g/mol. The standard InChI is InChI=1S/C12H15NO4S/c14-12(15)10-5-4-8-13(9-10)18(16,17)11-6-2-1-3-7-11/h1-3,6-7,10H,4-5,8-9H2,(H,14,15)/p-1/t10-/m0/s1. The van der Waals surface area contributed by atoms with E-state index in [0.717, 1.165) is 0 Å². The minimum Gasteiger partial charge on any atom is -0.550 e. The van der Waals surface area contributed by atoms with Gasteiger partial charge in [0, 0.05) is 25.0 Å². The molecule has 1 atom stereocenters. The number of rotatable bonds is 3. The number of hydrogen-bond donors (Lipinski definition) is 0. The van der Waals surface area contributed by atoms with Gasteiger partial charge in [0.25, 0.3) is 0 Å². The second kappa shape index (κ2) is 5.07. The van der Waals surface area contributed by atoms with E-state index in [1.165, 1.54) is 16.4 Å². The molecule has 0 N–H and O–H groups in total. The molecule has 6 heteroatoms. The smallest absolute Gasteiger partial charge is 0.243 e. The van der Waals surface area contributed by atoms with Gasteiger partial charge in [0.1, 0.15) is 0 Å². The number of hydrogen-bond acceptors (Lipinski definition) is 4. The van der Waals surface area contributed by atoms with Gasteiger partial charge in [-0.3, -0.25) is 0 Å². The van der Waals surface area contributed by atoms with Crippen LogP contribution in [0, 0.1) is 5.92 Å². The molecule has 0 amide bonds. The molecule has 0 unspecified atom stereocenters. The number of benzene rings is 1. The SMILES string of the molecule is O=C([O-])[C@H]1CCCN(S(=O)(=O)c2ccccc2)C1. The van der Waals surface area contributed by atoms with Crippen molar-refractivity contribution in [1.82, 2.24) is 4.31 Å². The average Bonchev–Trinajstić information content (AvgIpc) is 2.40. The summed E-state index contributed by atoms with van der Waals surface area (Å²) in [6, 6.07) is 8.05. The number of carbonyl (C=O) groups excluding carboxylic acids is 1. The molecule has 0 bridgehead atoms. The van der Waals surface area contributed by atoms with Crippen LogP contribution in [0.25, 0.3) is 0 Å². The average molecular weight is 268 g/mol. The molecule has 1 aliphatic heterocycles. The summed E-state index contributed by atoms with van der Waals surface area (Å²) in [6.07, 6.45) is 1.02. The lowest BCUT2D eigenvalue weighted by Crippen LogP contribution is -2.46. The van der Waals surface area contributed by atoms with Crippen LogP contribution in [-0.2, 0) is 14.8 Å². The minimum absolute atomic E-state index is 0.000436. The van der Waals surface area contributed by atoms with Crippen LogP contribution in [0.3, 0.4) is 0 Å². The zero-order chi connectivity index (χ0) is 13.2. The van der Waals surface area contributed by atoms with Crippen LogP contribution in [0.4, 0.5) is 0 Å². The van der Waals surface area contributed by atoms with E-state index in [1.807, 2.05) is 0 Å². The van der Waals surface area contributed by atoms with Gasteiger partial charge in [-0.2, -0.15) is 4.31 Å². The van der Waals surface area contributed by atoms with Crippen LogP contribution in [0.2, 0.25) is 0 Å². The molecule has 1 aromatic rings. The molecule has 1 heterocycles. The Morgan fingerprint density at radius 2 is 1.94 bits per heavy atom. The third-order valence-corrected chi connectivity index (χ3v) is 4.98. The highest BCUT2D eigenvalue weighted by molar-refractivity contribution is 7.89. The number of nitrogens with zero attached hydrogens (tertiary/aromatic N) is 1. The third kappa shape index (κ3) is 2.54. The van der Waals surface area contributed by atoms with Crippen LogP contribution >= 0.6 is 0 Å². The van der Waals surface area contributed by atoms with Crippen LogP contribution < -0.4 is 5.11 Å². The van der Waals surface area contributed by atoms with Gasteiger partial charge in [0.15, 0.2) is 0 Å². The summed E-state index contributed by atoms with van der Waals surface area (Å²) in [5.74, 6) is -1.89. The largest absolute Gasteiger partial charge is 0.550 e. The number of aliphatic carboxylic acids is 1. The summed E-state index contributed by atoms with van der Waals surface area (Å²) in [5, 5.41) is 10.8. The van der Waals surface area contributed by atoms with Gasteiger partial charge in [0.2, 0.25) is 10.0 Å². The normalized spacial score (nSPS) is 21.7. The van der Waals surface area contributed by atoms with Gasteiger partial charge >= 0.3 is 0 Å². The molecule has 0 spiro atoms. The summed E-state index contributed by atoms with van der Waals surface area (Å²) >= 11 is 0. The van der Waals surface area contributed by atoms with Crippen molar-refractivity contribution in [2.24, 2.45) is 5.92 Å². The number of piperidine rings is 1. The molecule has 18 heavy (non-hydrogen) atoms. The van der Waals surface area contributed by atoms with Gasteiger partial charge in [-0.1, -0.05) is 18.2 Å². The van der Waals surface area contributed by atoms with E-state index < -0.39 is 21.9 Å². The fourth-order valence-electron chi connectivity index (χ4n) is 2.09. The quantitative estimate of drug-likeness (QED) is 0.763. The van der Waals surface area contributed by atoms with Crippen molar-refractivity contribution in [3.8, 4) is 0 Å². The molecule has 5 nitrogen and oxygen atoms in total. The fourth-order valence-corrected chi connectivity index (χ4v) is 3.64. The fraction of sp³-hybridized carbons (Fsp3) is 0.417. The number of carboxylic acid groups (broad SMARTS) is 1. The maximum absolute atomic E-state index is 12.3. The Hall–Kier alpha value is -1.40. The molecule has 1 aromatic carbocycles. The predicted octanol–water partition coefficient (Wildman–Crippen LogP) is -0.163. The molecule has 1 aliphatic rings. The molecule has 2 rings (SSSR count). The maximum Gasteiger partial charge on any atom is 0.243 e. The van der Waals surface area contributed by atoms with Crippen LogP contribution in [-0.4, -0.2) is 31.8 Å². The van der Waals surface area contributed by atoms with E-state index in [4.69, 9.17) is 0 Å². The summed E-state index contributed by atoms with van der Waals surface area (Å²) in [5.41, 5.74) is 0. The van der Waals surface area contributed by atoms with E-state index in [9.17, 15) is 18.3 Å². The van der Waals surface area contributed by atoms with Gasteiger partial charge in [-0.05, 0) is 25.0 Å². The van der Waals surface area contributed by atoms with Gasteiger partial charge in [-0.25, -0.2) is 8.42 Å². The highest BCUT2D eigenvalue weighted by atomic mass is 32.2. The second-order valence-electron chi connectivity index (χ2n) is 4.33. The van der Waals surface area contributed by atoms with Crippen LogP contribution in [0.1, 0.15) is 12.8 Å². The highest BCUT2D eigenvalue weighted by Gasteiger charge is 2.30. The highest BCUT2D eigenvalue weighted by Crippen LogP contribution is 2.23. The molecule has 1 fully saturated rings. The summed E-state index contributed by atoms with van der Waals surface area (Å²) in [7, 11) is -3.59. The first-order valence-electron chi connectivity index (χ1n) is 5.78. The number of carbonyl (C=O) groups is 1. The van der Waals surface area contributed by atoms with Crippen molar-refractivity contribution in [1.29, 1.82) is 0 Å². The number of carboxylic acids is 1. The van der Waals surface area contributed by atoms with E-state index in [2.05, 4.69) is 0 Å². The zero-order valence-corrected chi connectivity index (χ0v) is 10.6. The zero-order valence-electron chi connectivity index (χ0n) is 9.78.